The SMILES string of the molecule is COc1ccc(C(N)c2cc(Br)cs2)cc1F. The maximum absolute atomic E-state index is 13.5. The van der Waals surface area contributed by atoms with E-state index in [1.165, 1.54) is 13.2 Å². The van der Waals surface area contributed by atoms with Gasteiger partial charge in [0.25, 0.3) is 0 Å². The highest BCUT2D eigenvalue weighted by atomic mass is 79.9. The molecule has 0 aliphatic carbocycles. The molecule has 0 spiro atoms. The van der Waals surface area contributed by atoms with Crippen LogP contribution in [0.5, 0.6) is 5.75 Å². The van der Waals surface area contributed by atoms with E-state index in [0.29, 0.717) is 0 Å². The molecule has 0 aliphatic heterocycles. The maximum Gasteiger partial charge on any atom is 0.165 e. The van der Waals surface area contributed by atoms with Gasteiger partial charge in [-0.3, -0.25) is 0 Å². The molecule has 0 bridgehead atoms. The van der Waals surface area contributed by atoms with Gasteiger partial charge in [0.2, 0.25) is 0 Å². The van der Waals surface area contributed by atoms with Gasteiger partial charge in [-0.1, -0.05) is 6.07 Å². The molecule has 0 aliphatic rings. The number of thiophene rings is 1. The van der Waals surface area contributed by atoms with Crippen LogP contribution in [0, 0.1) is 5.82 Å². The van der Waals surface area contributed by atoms with Crippen LogP contribution in [-0.2, 0) is 0 Å². The van der Waals surface area contributed by atoms with E-state index in [9.17, 15) is 4.39 Å². The van der Waals surface area contributed by atoms with Crippen LogP contribution in [0.3, 0.4) is 0 Å². The van der Waals surface area contributed by atoms with Crippen molar-refractivity contribution in [1.29, 1.82) is 0 Å². The molecule has 2 N–H and O–H groups in total. The lowest BCUT2D eigenvalue weighted by atomic mass is 10.1. The van der Waals surface area contributed by atoms with Crippen molar-refractivity contribution in [2.45, 2.75) is 6.04 Å². The highest BCUT2D eigenvalue weighted by Crippen LogP contribution is 2.30. The van der Waals surface area contributed by atoms with Gasteiger partial charge in [0.05, 0.1) is 13.2 Å². The molecule has 2 aromatic rings. The molecule has 0 saturated heterocycles. The first-order valence-corrected chi connectivity index (χ1v) is 6.62. The van der Waals surface area contributed by atoms with Gasteiger partial charge in [0.15, 0.2) is 11.6 Å². The average molecular weight is 316 g/mol. The Bertz CT molecular complexity index is 529. The van der Waals surface area contributed by atoms with E-state index in [4.69, 9.17) is 10.5 Å². The Balaban J connectivity index is 2.31. The number of ether oxygens (including phenoxy) is 1. The normalized spacial score (nSPS) is 12.5. The lowest BCUT2D eigenvalue weighted by molar-refractivity contribution is 0.386. The third-order valence-electron chi connectivity index (χ3n) is 2.43. The van der Waals surface area contributed by atoms with Gasteiger partial charge in [-0.2, -0.15) is 0 Å². The molecule has 0 saturated carbocycles. The Morgan fingerprint density at radius 3 is 2.71 bits per heavy atom. The summed E-state index contributed by atoms with van der Waals surface area (Å²) in [4.78, 5) is 0.987. The minimum Gasteiger partial charge on any atom is -0.494 e. The molecule has 0 radical (unpaired) electrons. The molecule has 17 heavy (non-hydrogen) atoms. The molecule has 1 atom stereocenters. The second-order valence-electron chi connectivity index (χ2n) is 3.54. The number of nitrogens with two attached hydrogens (primary N) is 1. The fraction of sp³-hybridized carbons (Fsp3) is 0.167. The zero-order valence-electron chi connectivity index (χ0n) is 9.11. The Labute approximate surface area is 111 Å². The zero-order valence-corrected chi connectivity index (χ0v) is 11.5. The van der Waals surface area contributed by atoms with Crippen LogP contribution in [0.1, 0.15) is 16.5 Å². The second kappa shape index (κ2) is 5.16. The summed E-state index contributed by atoms with van der Waals surface area (Å²) in [7, 11) is 1.44. The Morgan fingerprint density at radius 1 is 1.41 bits per heavy atom. The standard InChI is InChI=1S/C12H11BrFNOS/c1-16-10-3-2-7(4-9(10)14)12(15)11-5-8(13)6-17-11/h2-6,12H,15H2,1H3. The van der Waals surface area contributed by atoms with Crippen molar-refractivity contribution >= 4 is 27.3 Å². The van der Waals surface area contributed by atoms with Gasteiger partial charge in [-0.05, 0) is 39.7 Å². The van der Waals surface area contributed by atoms with E-state index in [1.54, 1.807) is 23.5 Å². The molecule has 1 aromatic heterocycles. The summed E-state index contributed by atoms with van der Waals surface area (Å²) in [5, 5.41) is 1.95. The van der Waals surface area contributed by atoms with Crippen molar-refractivity contribution in [2.24, 2.45) is 5.73 Å². The molecular formula is C12H11BrFNOS. The Kier molecular flexibility index (Phi) is 3.81. The van der Waals surface area contributed by atoms with Crippen LogP contribution in [0.15, 0.2) is 34.1 Å². The molecule has 0 amide bonds. The first kappa shape index (κ1) is 12.5. The molecule has 2 rings (SSSR count). The number of halogens is 2. The fourth-order valence-corrected chi connectivity index (χ4v) is 3.00. The lowest BCUT2D eigenvalue weighted by Gasteiger charge is -2.11. The van der Waals surface area contributed by atoms with E-state index in [0.717, 1.165) is 14.9 Å². The van der Waals surface area contributed by atoms with E-state index in [1.807, 2.05) is 11.4 Å². The topological polar surface area (TPSA) is 35.2 Å². The number of methoxy groups -OCH3 is 1. The number of benzene rings is 1. The summed E-state index contributed by atoms with van der Waals surface area (Å²) in [5.41, 5.74) is 6.81. The van der Waals surface area contributed by atoms with Crippen LogP contribution in [0.25, 0.3) is 0 Å². The molecule has 5 heteroatoms. The van der Waals surface area contributed by atoms with Crippen LogP contribution in [-0.4, -0.2) is 7.11 Å². The highest BCUT2D eigenvalue weighted by molar-refractivity contribution is 9.10. The molecule has 1 heterocycles. The van der Waals surface area contributed by atoms with Crippen molar-refractivity contribution < 1.29 is 9.13 Å². The van der Waals surface area contributed by atoms with Crippen LogP contribution in [0.2, 0.25) is 0 Å². The summed E-state index contributed by atoms with van der Waals surface area (Å²) in [6.07, 6.45) is 0. The minimum absolute atomic E-state index is 0.230. The largest absolute Gasteiger partial charge is 0.494 e. The molecule has 2 nitrogen and oxygen atoms in total. The summed E-state index contributed by atoms with van der Waals surface area (Å²) < 4.78 is 19.4. The molecule has 90 valence electrons. The molecule has 0 fully saturated rings. The average Bonchev–Trinajstić information content (AvgIpc) is 2.75. The van der Waals surface area contributed by atoms with Crippen molar-refractivity contribution in [2.75, 3.05) is 7.11 Å². The predicted octanol–water partition coefficient (Wildman–Crippen LogP) is 3.71. The molecular weight excluding hydrogens is 305 g/mol. The quantitative estimate of drug-likeness (QED) is 0.937. The smallest absolute Gasteiger partial charge is 0.165 e. The van der Waals surface area contributed by atoms with Gasteiger partial charge in [0.1, 0.15) is 0 Å². The lowest BCUT2D eigenvalue weighted by Crippen LogP contribution is -2.10. The van der Waals surface area contributed by atoms with Gasteiger partial charge in [-0.25, -0.2) is 4.39 Å². The van der Waals surface area contributed by atoms with Crippen LogP contribution < -0.4 is 10.5 Å². The van der Waals surface area contributed by atoms with E-state index >= 15 is 0 Å². The van der Waals surface area contributed by atoms with Crippen molar-refractivity contribution in [1.82, 2.24) is 0 Å². The first-order chi connectivity index (χ1) is 8.11. The number of hydrogen-bond acceptors (Lipinski definition) is 3. The molecule has 1 aromatic carbocycles. The number of hydrogen-bond donors (Lipinski definition) is 1. The second-order valence-corrected chi connectivity index (χ2v) is 5.40. The van der Waals surface area contributed by atoms with Crippen LogP contribution >= 0.6 is 27.3 Å². The van der Waals surface area contributed by atoms with E-state index in [2.05, 4.69) is 15.9 Å². The van der Waals surface area contributed by atoms with Crippen molar-refractivity contribution in [3.8, 4) is 5.75 Å². The zero-order chi connectivity index (χ0) is 12.4. The number of rotatable bonds is 3. The minimum atomic E-state index is -0.393. The van der Waals surface area contributed by atoms with Gasteiger partial charge < -0.3 is 10.5 Å². The summed E-state index contributed by atoms with van der Waals surface area (Å²) in [5.74, 6) is -0.163. The van der Waals surface area contributed by atoms with Gasteiger partial charge >= 0.3 is 0 Å². The van der Waals surface area contributed by atoms with E-state index in [-0.39, 0.29) is 11.8 Å². The predicted molar refractivity (Wildman–Crippen MR) is 71.0 cm³/mol. The van der Waals surface area contributed by atoms with Gasteiger partial charge in [-0.15, -0.1) is 11.3 Å². The fourth-order valence-electron chi connectivity index (χ4n) is 1.53. The third-order valence-corrected chi connectivity index (χ3v) is 4.21. The maximum atomic E-state index is 13.5. The highest BCUT2D eigenvalue weighted by Gasteiger charge is 2.13. The summed E-state index contributed by atoms with van der Waals surface area (Å²) in [6, 6.07) is 6.41. The first-order valence-electron chi connectivity index (χ1n) is 4.94. The third kappa shape index (κ3) is 2.68. The monoisotopic (exact) mass is 315 g/mol. The van der Waals surface area contributed by atoms with E-state index < -0.39 is 5.82 Å². The summed E-state index contributed by atoms with van der Waals surface area (Å²) >= 11 is 4.91. The van der Waals surface area contributed by atoms with Crippen molar-refractivity contribution in [3.63, 3.8) is 0 Å². The Morgan fingerprint density at radius 2 is 2.18 bits per heavy atom. The summed E-state index contributed by atoms with van der Waals surface area (Å²) in [6.45, 7) is 0. The van der Waals surface area contributed by atoms with Crippen LogP contribution in [0.4, 0.5) is 4.39 Å². The molecule has 1 unspecified atom stereocenters. The van der Waals surface area contributed by atoms with Gasteiger partial charge in [0, 0.05) is 14.7 Å². The van der Waals surface area contributed by atoms with Crippen molar-refractivity contribution in [3.05, 3.63) is 50.4 Å². The Hall–Kier alpha value is -0.910.